The monoisotopic (exact) mass is 568 g/mol. The van der Waals surface area contributed by atoms with Crippen LogP contribution < -0.4 is 15.7 Å². The summed E-state index contributed by atoms with van der Waals surface area (Å²) in [6, 6.07) is 23.8. The van der Waals surface area contributed by atoms with Crippen molar-refractivity contribution in [1.29, 1.82) is 0 Å². The van der Waals surface area contributed by atoms with Crippen molar-refractivity contribution >= 4 is 28.1 Å². The average molecular weight is 570 g/mol. The molecule has 0 aliphatic heterocycles. The van der Waals surface area contributed by atoms with Gasteiger partial charge < -0.3 is 4.74 Å². The second-order valence-electron chi connectivity index (χ2n) is 10.1. The van der Waals surface area contributed by atoms with Gasteiger partial charge in [-0.25, -0.2) is 15.0 Å². The Labute approximate surface area is 230 Å². The molecular formula is C31H29BrN4O2. The number of aromatic nitrogens is 2. The maximum Gasteiger partial charge on any atom is 0.263 e. The number of ether oxygens (including phenoxy) is 1. The Bertz CT molecular complexity index is 1570. The van der Waals surface area contributed by atoms with Gasteiger partial charge in [-0.2, -0.15) is 5.10 Å². The van der Waals surface area contributed by atoms with Crippen LogP contribution in [-0.4, -0.2) is 22.9 Å². The molecule has 0 unspecified atom stereocenters. The minimum Gasteiger partial charge on any atom is -0.497 e. The number of hydrazone groups is 1. The van der Waals surface area contributed by atoms with E-state index in [-0.39, 0.29) is 11.0 Å². The fraction of sp³-hybridized carbons (Fsp3) is 0.258. The number of benzene rings is 3. The van der Waals surface area contributed by atoms with Crippen molar-refractivity contribution in [3.05, 3.63) is 104 Å². The summed E-state index contributed by atoms with van der Waals surface area (Å²) in [7, 11) is 1.63. The van der Waals surface area contributed by atoms with Gasteiger partial charge in [0.15, 0.2) is 0 Å². The van der Waals surface area contributed by atoms with Gasteiger partial charge in [0.1, 0.15) is 5.75 Å². The highest BCUT2D eigenvalue weighted by molar-refractivity contribution is 9.10. The van der Waals surface area contributed by atoms with E-state index >= 15 is 0 Å². The van der Waals surface area contributed by atoms with Gasteiger partial charge in [-0.3, -0.25) is 4.79 Å². The van der Waals surface area contributed by atoms with Gasteiger partial charge in [0.25, 0.3) is 5.56 Å². The van der Waals surface area contributed by atoms with Gasteiger partial charge in [-0.1, -0.05) is 77.7 Å². The SMILES string of the molecule is COc1cccc(-n2c(N/N=C/c3ccc(Br)cc3)nc3c(c2=O)C2(CCCCC2)Cc2ccccc2-3)c1. The first-order valence-electron chi connectivity index (χ1n) is 13.0. The maximum absolute atomic E-state index is 14.6. The molecule has 1 aromatic heterocycles. The molecule has 0 bridgehead atoms. The van der Waals surface area contributed by atoms with E-state index in [0.717, 1.165) is 59.0 Å². The first-order valence-corrected chi connectivity index (χ1v) is 13.8. The minimum atomic E-state index is -0.203. The number of rotatable bonds is 5. The lowest BCUT2D eigenvalue weighted by molar-refractivity contribution is 0.284. The van der Waals surface area contributed by atoms with Crippen LogP contribution in [0.1, 0.15) is 48.8 Å². The molecule has 7 heteroatoms. The third-order valence-electron chi connectivity index (χ3n) is 7.79. The highest BCUT2D eigenvalue weighted by Gasteiger charge is 2.43. The van der Waals surface area contributed by atoms with Crippen LogP contribution in [0.2, 0.25) is 0 Å². The quantitative estimate of drug-likeness (QED) is 0.210. The Kier molecular flexibility index (Phi) is 6.62. The Balaban J connectivity index is 1.56. The summed E-state index contributed by atoms with van der Waals surface area (Å²) in [4.78, 5) is 19.7. The molecule has 2 aliphatic carbocycles. The number of hydrogen-bond acceptors (Lipinski definition) is 5. The second-order valence-corrected chi connectivity index (χ2v) is 11.0. The molecule has 1 heterocycles. The average Bonchev–Trinajstić information content (AvgIpc) is 2.94. The van der Waals surface area contributed by atoms with Crippen LogP contribution in [-0.2, 0) is 11.8 Å². The van der Waals surface area contributed by atoms with E-state index in [1.165, 1.54) is 12.0 Å². The van der Waals surface area contributed by atoms with Crippen molar-refractivity contribution in [2.75, 3.05) is 12.5 Å². The van der Waals surface area contributed by atoms with Gasteiger partial charge in [0.05, 0.1) is 30.3 Å². The molecule has 2 aliphatic rings. The Hall–Kier alpha value is -3.71. The van der Waals surface area contributed by atoms with Crippen LogP contribution in [0.25, 0.3) is 16.9 Å². The number of hydrogen-bond donors (Lipinski definition) is 1. The lowest BCUT2D eigenvalue weighted by atomic mass is 9.62. The zero-order valence-corrected chi connectivity index (χ0v) is 22.9. The fourth-order valence-corrected chi connectivity index (χ4v) is 6.25. The van der Waals surface area contributed by atoms with Gasteiger partial charge in [0.2, 0.25) is 5.95 Å². The van der Waals surface area contributed by atoms with E-state index in [1.54, 1.807) is 17.9 Å². The lowest BCUT2D eigenvalue weighted by Gasteiger charge is -2.42. The van der Waals surface area contributed by atoms with Crippen LogP contribution in [0.4, 0.5) is 5.95 Å². The molecule has 1 saturated carbocycles. The summed E-state index contributed by atoms with van der Waals surface area (Å²) in [5.41, 5.74) is 8.38. The number of halogens is 1. The molecule has 1 fully saturated rings. The second kappa shape index (κ2) is 10.2. The molecule has 0 saturated heterocycles. The van der Waals surface area contributed by atoms with Crippen LogP contribution in [0, 0.1) is 0 Å². The molecule has 0 amide bonds. The number of anilines is 1. The zero-order chi connectivity index (χ0) is 26.1. The molecular weight excluding hydrogens is 540 g/mol. The molecule has 4 aromatic rings. The van der Waals surface area contributed by atoms with Gasteiger partial charge in [-0.15, -0.1) is 0 Å². The summed E-state index contributed by atoms with van der Waals surface area (Å²) < 4.78 is 8.14. The predicted octanol–water partition coefficient (Wildman–Crippen LogP) is 6.87. The normalized spacial score (nSPS) is 15.7. The summed E-state index contributed by atoms with van der Waals surface area (Å²) in [6.45, 7) is 0. The Morgan fingerprint density at radius 1 is 1.03 bits per heavy atom. The number of nitrogens with zero attached hydrogens (tertiary/aromatic N) is 3. The van der Waals surface area contributed by atoms with Crippen molar-refractivity contribution in [3.63, 3.8) is 0 Å². The van der Waals surface area contributed by atoms with Crippen LogP contribution >= 0.6 is 15.9 Å². The van der Waals surface area contributed by atoms with Crippen LogP contribution in [0.3, 0.4) is 0 Å². The molecule has 1 spiro atoms. The van der Waals surface area contributed by atoms with Crippen LogP contribution in [0.5, 0.6) is 5.75 Å². The maximum atomic E-state index is 14.6. The van der Waals surface area contributed by atoms with Gasteiger partial charge >= 0.3 is 0 Å². The number of nitrogens with one attached hydrogen (secondary N) is 1. The molecule has 6 nitrogen and oxygen atoms in total. The zero-order valence-electron chi connectivity index (χ0n) is 21.3. The first-order chi connectivity index (χ1) is 18.6. The minimum absolute atomic E-state index is 0.0407. The number of methoxy groups -OCH3 is 1. The molecule has 192 valence electrons. The van der Waals surface area contributed by atoms with E-state index in [9.17, 15) is 4.79 Å². The highest BCUT2D eigenvalue weighted by atomic mass is 79.9. The standard InChI is InChI=1S/C31H29BrN4O2/c1-38-25-10-7-9-24(18-25)36-29(37)27-28(34-30(36)35-33-20-21-12-14-23(32)15-13-21)26-11-4-3-8-22(26)19-31(27)16-5-2-6-17-31/h3-4,7-15,18,20H,2,5-6,16-17,19H2,1H3,(H,34,35)/b33-20+. The first kappa shape index (κ1) is 24.6. The fourth-order valence-electron chi connectivity index (χ4n) is 5.99. The summed E-state index contributed by atoms with van der Waals surface area (Å²) in [6.07, 6.45) is 8.05. The van der Waals surface area contributed by atoms with Crippen molar-refractivity contribution in [3.8, 4) is 22.7 Å². The Morgan fingerprint density at radius 3 is 2.61 bits per heavy atom. The Morgan fingerprint density at radius 2 is 1.82 bits per heavy atom. The number of fused-ring (bicyclic) bond motifs is 4. The van der Waals surface area contributed by atoms with E-state index in [0.29, 0.717) is 17.4 Å². The molecule has 6 rings (SSSR count). The highest BCUT2D eigenvalue weighted by Crippen LogP contribution is 2.48. The molecule has 38 heavy (non-hydrogen) atoms. The summed E-state index contributed by atoms with van der Waals surface area (Å²) in [5.74, 6) is 1.05. The third-order valence-corrected chi connectivity index (χ3v) is 8.31. The van der Waals surface area contributed by atoms with E-state index in [2.05, 4.69) is 44.7 Å². The van der Waals surface area contributed by atoms with Crippen molar-refractivity contribution in [2.24, 2.45) is 5.10 Å². The molecule has 3 aromatic carbocycles. The summed E-state index contributed by atoms with van der Waals surface area (Å²) in [5, 5.41) is 4.48. The molecule has 0 atom stereocenters. The van der Waals surface area contributed by atoms with E-state index < -0.39 is 0 Å². The van der Waals surface area contributed by atoms with Gasteiger partial charge in [0, 0.05) is 21.5 Å². The van der Waals surface area contributed by atoms with Crippen LogP contribution in [0.15, 0.2) is 87.2 Å². The molecule has 0 radical (unpaired) electrons. The smallest absolute Gasteiger partial charge is 0.263 e. The molecule has 1 N–H and O–H groups in total. The van der Waals surface area contributed by atoms with Crippen molar-refractivity contribution in [2.45, 2.75) is 43.9 Å². The van der Waals surface area contributed by atoms with Gasteiger partial charge in [-0.05, 0) is 54.7 Å². The third kappa shape index (κ3) is 4.45. The predicted molar refractivity (Wildman–Crippen MR) is 156 cm³/mol. The van der Waals surface area contributed by atoms with E-state index in [4.69, 9.17) is 9.72 Å². The van der Waals surface area contributed by atoms with Crippen molar-refractivity contribution in [1.82, 2.24) is 9.55 Å². The largest absolute Gasteiger partial charge is 0.497 e. The van der Waals surface area contributed by atoms with Crippen molar-refractivity contribution < 1.29 is 4.74 Å². The topological polar surface area (TPSA) is 68.5 Å². The summed E-state index contributed by atoms with van der Waals surface area (Å²) >= 11 is 3.47. The lowest BCUT2D eigenvalue weighted by Crippen LogP contribution is -2.42. The van der Waals surface area contributed by atoms with E-state index in [1.807, 2.05) is 54.6 Å².